The van der Waals surface area contributed by atoms with E-state index in [1.54, 1.807) is 12.1 Å². The summed E-state index contributed by atoms with van der Waals surface area (Å²) in [4.78, 5) is 26.7. The fourth-order valence-corrected chi connectivity index (χ4v) is 4.82. The Kier molecular flexibility index (Phi) is 13.9. The van der Waals surface area contributed by atoms with Gasteiger partial charge in [-0.15, -0.1) is 0 Å². The van der Waals surface area contributed by atoms with Gasteiger partial charge in [0.05, 0.1) is 0 Å². The molecule has 3 rings (SSSR count). The van der Waals surface area contributed by atoms with Gasteiger partial charge in [-0.05, 0) is 74.9 Å². The van der Waals surface area contributed by atoms with Crippen LogP contribution in [-0.4, -0.2) is 54.1 Å². The van der Waals surface area contributed by atoms with E-state index in [0.717, 1.165) is 56.6 Å². The van der Waals surface area contributed by atoms with Gasteiger partial charge in [-0.2, -0.15) is 0 Å². The van der Waals surface area contributed by atoms with E-state index >= 15 is 0 Å². The number of benzene rings is 2. The van der Waals surface area contributed by atoms with Crippen LogP contribution in [0.3, 0.4) is 0 Å². The predicted octanol–water partition coefficient (Wildman–Crippen LogP) is 5.98. The fraction of sp³-hybridized carbons (Fsp3) is 0.548. The Hall–Kier alpha value is -3.20. The lowest BCUT2D eigenvalue weighted by Gasteiger charge is -2.30. The number of unbranched alkanes of at least 4 members (excludes halogenated alkanes) is 3. The van der Waals surface area contributed by atoms with Gasteiger partial charge < -0.3 is 25.4 Å². The molecule has 0 aliphatic carbocycles. The Balaban J connectivity index is 0.00000560. The zero-order chi connectivity index (χ0) is 28.2. The molecule has 0 spiro atoms. The summed E-state index contributed by atoms with van der Waals surface area (Å²) in [5, 5.41) is 15.9. The maximum absolute atomic E-state index is 13.4. The number of amides is 2. The van der Waals surface area contributed by atoms with Crippen LogP contribution in [-0.2, 0) is 22.4 Å². The number of ether oxygens (including phenoxy) is 1. The maximum Gasteiger partial charge on any atom is 0.262 e. The number of halogens is 2. The number of phenols is 1. The zero-order valence-electron chi connectivity index (χ0n) is 23.0. The van der Waals surface area contributed by atoms with Crippen LogP contribution in [0, 0.1) is 11.6 Å². The number of hydrogen-bond donors (Lipinski definition) is 3. The lowest BCUT2D eigenvalue weighted by molar-refractivity contribution is -0.133. The molecular formula is C31H45F2N3O4. The quantitative estimate of drug-likeness (QED) is 0.173. The number of fused-ring (bicyclic) bond motifs is 1. The monoisotopic (exact) mass is 561 g/mol. The number of carbonyl (C=O) groups excluding carboxylic acids is 2. The zero-order valence-corrected chi connectivity index (χ0v) is 23.0. The van der Waals surface area contributed by atoms with Crippen molar-refractivity contribution in [1.29, 1.82) is 0 Å². The second kappa shape index (κ2) is 16.8. The summed E-state index contributed by atoms with van der Waals surface area (Å²) in [5.74, 6) is -1.32. The largest absolute Gasteiger partial charge is 0.506 e. The lowest BCUT2D eigenvalue weighted by atomic mass is 10.0. The first-order valence-corrected chi connectivity index (χ1v) is 14.0. The van der Waals surface area contributed by atoms with E-state index in [-0.39, 0.29) is 37.6 Å². The lowest BCUT2D eigenvalue weighted by Crippen LogP contribution is -2.40. The highest BCUT2D eigenvalue weighted by Crippen LogP contribution is 2.39. The molecule has 222 valence electrons. The fourth-order valence-electron chi connectivity index (χ4n) is 4.82. The maximum atomic E-state index is 13.4. The van der Waals surface area contributed by atoms with Gasteiger partial charge in [0.2, 0.25) is 5.91 Å². The van der Waals surface area contributed by atoms with Crippen molar-refractivity contribution in [3.63, 3.8) is 0 Å². The summed E-state index contributed by atoms with van der Waals surface area (Å²) >= 11 is 0. The van der Waals surface area contributed by atoms with E-state index in [0.29, 0.717) is 49.5 Å². The predicted molar refractivity (Wildman–Crippen MR) is 155 cm³/mol. The second-order valence-corrected chi connectivity index (χ2v) is 10.2. The van der Waals surface area contributed by atoms with E-state index in [1.165, 1.54) is 6.07 Å². The molecule has 7 nitrogen and oxygen atoms in total. The molecule has 1 atom stereocenters. The molecule has 0 fully saturated rings. The molecule has 0 saturated heterocycles. The second-order valence-electron chi connectivity index (χ2n) is 10.2. The first-order chi connectivity index (χ1) is 18.8. The Bertz CT molecular complexity index is 1110. The number of aromatic hydroxyl groups is 1. The number of nitrogens with zero attached hydrogens (tertiary/aromatic N) is 1. The van der Waals surface area contributed by atoms with E-state index in [9.17, 15) is 23.5 Å². The third kappa shape index (κ3) is 9.77. The smallest absolute Gasteiger partial charge is 0.262 e. The summed E-state index contributed by atoms with van der Waals surface area (Å²) in [6.07, 6.45) is 7.51. The minimum atomic E-state index is -0.849. The van der Waals surface area contributed by atoms with Crippen molar-refractivity contribution in [3.8, 4) is 11.5 Å². The van der Waals surface area contributed by atoms with Crippen LogP contribution >= 0.6 is 0 Å². The molecule has 1 aliphatic heterocycles. The molecule has 0 bridgehead atoms. The van der Waals surface area contributed by atoms with Crippen LogP contribution in [0.5, 0.6) is 11.5 Å². The number of hydrogen-bond acceptors (Lipinski definition) is 5. The van der Waals surface area contributed by atoms with Gasteiger partial charge in [0, 0.05) is 25.6 Å². The molecule has 1 aliphatic rings. The van der Waals surface area contributed by atoms with Crippen LogP contribution in [0.2, 0.25) is 0 Å². The molecule has 40 heavy (non-hydrogen) atoms. The van der Waals surface area contributed by atoms with Gasteiger partial charge in [-0.25, -0.2) is 8.78 Å². The van der Waals surface area contributed by atoms with Gasteiger partial charge in [-0.1, -0.05) is 45.7 Å². The minimum Gasteiger partial charge on any atom is -0.506 e. The van der Waals surface area contributed by atoms with Crippen LogP contribution < -0.4 is 15.4 Å². The summed E-state index contributed by atoms with van der Waals surface area (Å²) in [5.41, 5.74) is 2.00. The molecular weight excluding hydrogens is 516 g/mol. The number of rotatable bonds is 16. The highest BCUT2D eigenvalue weighted by atomic mass is 19.2. The molecule has 2 aromatic rings. The van der Waals surface area contributed by atoms with E-state index in [4.69, 9.17) is 4.74 Å². The van der Waals surface area contributed by atoms with Gasteiger partial charge in [0.25, 0.3) is 5.91 Å². The van der Waals surface area contributed by atoms with Crippen molar-refractivity contribution < 1.29 is 28.2 Å². The van der Waals surface area contributed by atoms with Gasteiger partial charge >= 0.3 is 0 Å². The van der Waals surface area contributed by atoms with Crippen molar-refractivity contribution in [2.24, 2.45) is 0 Å². The molecule has 2 aromatic carbocycles. The average molecular weight is 562 g/mol. The molecule has 3 N–H and O–H groups in total. The molecule has 0 radical (unpaired) electrons. The number of phenolic OH excluding ortho intramolecular Hbond substituents is 1. The number of aryl methyl sites for hydroxylation is 1. The first-order valence-electron chi connectivity index (χ1n) is 14.0. The normalized spacial score (nSPS) is 13.1. The summed E-state index contributed by atoms with van der Waals surface area (Å²) < 4.78 is 32.0. The van der Waals surface area contributed by atoms with Crippen LogP contribution in [0.1, 0.15) is 77.3 Å². The van der Waals surface area contributed by atoms with Crippen LogP contribution in [0.15, 0.2) is 30.3 Å². The Labute approximate surface area is 237 Å². The molecule has 0 unspecified atom stereocenters. The summed E-state index contributed by atoms with van der Waals surface area (Å²) in [6.45, 7) is 6.00. The Morgan fingerprint density at radius 1 is 1.10 bits per heavy atom. The van der Waals surface area contributed by atoms with Gasteiger partial charge in [-0.3, -0.25) is 9.59 Å². The topological polar surface area (TPSA) is 90.9 Å². The highest BCUT2D eigenvalue weighted by Gasteiger charge is 2.23. The van der Waals surface area contributed by atoms with Gasteiger partial charge in [0.15, 0.2) is 24.0 Å². The van der Waals surface area contributed by atoms with Crippen molar-refractivity contribution >= 4 is 17.5 Å². The third-order valence-electron chi connectivity index (χ3n) is 7.09. The van der Waals surface area contributed by atoms with Crippen molar-refractivity contribution in [2.45, 2.75) is 85.1 Å². The molecule has 0 aromatic heterocycles. The minimum absolute atomic E-state index is 0. The van der Waals surface area contributed by atoms with Crippen molar-refractivity contribution in [1.82, 2.24) is 10.2 Å². The average Bonchev–Trinajstić information content (AvgIpc) is 2.92. The van der Waals surface area contributed by atoms with Gasteiger partial charge in [0.1, 0.15) is 11.4 Å². The molecule has 9 heteroatoms. The number of carbonyl (C=O) groups is 2. The van der Waals surface area contributed by atoms with E-state index in [2.05, 4.69) is 24.5 Å². The standard InChI is InChI=1S/C30H41F2N3O4.CH4/c1-3-4-8-21(2)35(28(38)15-17-33-16-14-22-10-12-24(31)25(32)19-22)18-7-5-6-9-23-11-13-26(36)29-30(23)39-20-27(37)34-29;/h10-13,19,21,33,36H,3-9,14-18,20H2,1-2H3,(H,34,37);1H4/t21-;/m1./s1. The van der Waals surface area contributed by atoms with Crippen molar-refractivity contribution in [2.75, 3.05) is 31.6 Å². The summed E-state index contributed by atoms with van der Waals surface area (Å²) in [6, 6.07) is 7.49. The van der Waals surface area contributed by atoms with Crippen LogP contribution in [0.25, 0.3) is 0 Å². The number of anilines is 1. The Morgan fingerprint density at radius 3 is 2.65 bits per heavy atom. The molecule has 2 amide bonds. The van der Waals surface area contributed by atoms with E-state index in [1.807, 2.05) is 11.0 Å². The van der Waals surface area contributed by atoms with Crippen molar-refractivity contribution in [3.05, 3.63) is 53.1 Å². The summed E-state index contributed by atoms with van der Waals surface area (Å²) in [7, 11) is 0. The third-order valence-corrected chi connectivity index (χ3v) is 7.09. The van der Waals surface area contributed by atoms with E-state index < -0.39 is 11.6 Å². The highest BCUT2D eigenvalue weighted by molar-refractivity contribution is 5.97. The number of nitrogens with one attached hydrogen (secondary N) is 2. The Morgan fingerprint density at radius 2 is 1.90 bits per heavy atom. The molecule has 1 heterocycles. The SMILES string of the molecule is C.CCCC[C@@H](C)N(CCCCCc1ccc(O)c2c1OCC(=O)N2)C(=O)CCNCCc1ccc(F)c(F)c1. The first kappa shape index (κ1) is 33.0. The molecule has 0 saturated carbocycles. The van der Waals surface area contributed by atoms with Crippen LogP contribution in [0.4, 0.5) is 14.5 Å².